The van der Waals surface area contributed by atoms with Crippen LogP contribution in [0.25, 0.3) is 10.9 Å². The number of benzene rings is 1. The second kappa shape index (κ2) is 5.20. The zero-order chi connectivity index (χ0) is 16.1. The van der Waals surface area contributed by atoms with E-state index >= 15 is 0 Å². The number of hydrogen-bond donors (Lipinski definition) is 0. The van der Waals surface area contributed by atoms with Gasteiger partial charge in [-0.25, -0.2) is 0 Å². The number of amides is 1. The molecule has 23 heavy (non-hydrogen) atoms. The smallest absolute Gasteiger partial charge is 0.259 e. The third-order valence-corrected chi connectivity index (χ3v) is 5.21. The van der Waals surface area contributed by atoms with Gasteiger partial charge in [0.15, 0.2) is 0 Å². The number of likely N-dealkylation sites (N-methyl/N-ethyl adjacent to an activating group) is 1. The van der Waals surface area contributed by atoms with E-state index < -0.39 is 0 Å². The number of nitrogens with zero attached hydrogens (tertiary/aromatic N) is 3. The Kier molecular flexibility index (Phi) is 3.27. The first-order chi connectivity index (χ1) is 11.1. The highest BCUT2D eigenvalue weighted by molar-refractivity contribution is 5.98. The first kappa shape index (κ1) is 14.5. The van der Waals surface area contributed by atoms with Crippen LogP contribution in [0.15, 0.2) is 29.2 Å². The highest BCUT2D eigenvalue weighted by Crippen LogP contribution is 2.24. The summed E-state index contributed by atoms with van der Waals surface area (Å²) in [5.41, 5.74) is 2.39. The lowest BCUT2D eigenvalue weighted by atomic mass is 10.1. The fraction of sp³-hybridized carbons (Fsp3) is 0.444. The van der Waals surface area contributed by atoms with Crippen molar-refractivity contribution in [1.29, 1.82) is 0 Å². The molecule has 5 heteroatoms. The first-order valence-corrected chi connectivity index (χ1v) is 8.17. The molecule has 2 aliphatic rings. The average Bonchev–Trinajstić information content (AvgIpc) is 3.18. The number of likely N-dealkylation sites (tertiary alicyclic amines) is 1. The highest BCUT2D eigenvalue weighted by atomic mass is 16.2. The van der Waals surface area contributed by atoms with E-state index in [9.17, 15) is 9.59 Å². The molecular weight excluding hydrogens is 290 g/mol. The van der Waals surface area contributed by atoms with Gasteiger partial charge in [-0.1, -0.05) is 12.1 Å². The van der Waals surface area contributed by atoms with Crippen LogP contribution in [0.1, 0.15) is 22.3 Å². The highest BCUT2D eigenvalue weighted by Gasteiger charge is 2.30. The summed E-state index contributed by atoms with van der Waals surface area (Å²) in [7, 11) is 4.07. The Morgan fingerprint density at radius 2 is 2.09 bits per heavy atom. The van der Waals surface area contributed by atoms with Crippen molar-refractivity contribution in [3.63, 3.8) is 0 Å². The van der Waals surface area contributed by atoms with Crippen molar-refractivity contribution < 1.29 is 4.79 Å². The maximum Gasteiger partial charge on any atom is 0.259 e. The zero-order valence-corrected chi connectivity index (χ0v) is 13.6. The van der Waals surface area contributed by atoms with Crippen molar-refractivity contribution in [1.82, 2.24) is 14.4 Å². The molecule has 1 aromatic carbocycles. The van der Waals surface area contributed by atoms with E-state index in [2.05, 4.69) is 15.5 Å². The van der Waals surface area contributed by atoms with Crippen molar-refractivity contribution >= 4 is 16.8 Å². The third kappa shape index (κ3) is 2.18. The molecule has 120 valence electrons. The molecule has 0 saturated carbocycles. The molecule has 2 aromatic rings. The van der Waals surface area contributed by atoms with E-state index in [4.69, 9.17) is 0 Å². The van der Waals surface area contributed by atoms with E-state index in [0.717, 1.165) is 31.4 Å². The maximum atomic E-state index is 12.9. The minimum absolute atomic E-state index is 0.123. The van der Waals surface area contributed by atoms with Crippen LogP contribution in [0.2, 0.25) is 0 Å². The Morgan fingerprint density at radius 3 is 2.83 bits per heavy atom. The molecule has 0 N–H and O–H groups in total. The zero-order valence-electron chi connectivity index (χ0n) is 13.6. The van der Waals surface area contributed by atoms with Gasteiger partial charge in [-0.05, 0) is 38.6 Å². The van der Waals surface area contributed by atoms with E-state index in [1.807, 2.05) is 31.1 Å². The number of carbonyl (C=O) groups is 1. The Balaban J connectivity index is 1.75. The minimum atomic E-state index is -0.127. The molecule has 1 fully saturated rings. The van der Waals surface area contributed by atoms with Gasteiger partial charge < -0.3 is 14.4 Å². The van der Waals surface area contributed by atoms with E-state index in [0.29, 0.717) is 23.5 Å². The Hall–Kier alpha value is -2.14. The molecule has 1 aromatic heterocycles. The number of rotatable bonds is 2. The number of para-hydroxylation sites is 1. The summed E-state index contributed by atoms with van der Waals surface area (Å²) in [6, 6.07) is 6.20. The molecule has 0 aliphatic carbocycles. The normalized spacial score (nSPS) is 20.0. The van der Waals surface area contributed by atoms with Gasteiger partial charge in [0.25, 0.3) is 5.91 Å². The number of hydrogen-bond acceptors (Lipinski definition) is 3. The molecule has 1 saturated heterocycles. The van der Waals surface area contributed by atoms with Gasteiger partial charge in [-0.15, -0.1) is 0 Å². The van der Waals surface area contributed by atoms with Crippen LogP contribution in [-0.4, -0.2) is 53.5 Å². The fourth-order valence-electron chi connectivity index (χ4n) is 3.83. The van der Waals surface area contributed by atoms with Crippen LogP contribution in [0.3, 0.4) is 0 Å². The van der Waals surface area contributed by atoms with Crippen molar-refractivity contribution in [2.24, 2.45) is 0 Å². The van der Waals surface area contributed by atoms with Gasteiger partial charge in [0.05, 0.1) is 5.52 Å². The third-order valence-electron chi connectivity index (χ3n) is 5.21. The van der Waals surface area contributed by atoms with Gasteiger partial charge in [-0.3, -0.25) is 9.59 Å². The average molecular weight is 311 g/mol. The molecule has 0 radical (unpaired) electrons. The van der Waals surface area contributed by atoms with Crippen molar-refractivity contribution in [2.75, 3.05) is 27.2 Å². The number of aryl methyl sites for hydroxylation is 2. The van der Waals surface area contributed by atoms with Crippen LogP contribution in [0, 0.1) is 0 Å². The van der Waals surface area contributed by atoms with Crippen molar-refractivity contribution in [2.45, 2.75) is 25.4 Å². The Morgan fingerprint density at radius 1 is 1.26 bits per heavy atom. The lowest BCUT2D eigenvalue weighted by molar-refractivity contribution is 0.0781. The molecule has 3 heterocycles. The summed E-state index contributed by atoms with van der Waals surface area (Å²) in [4.78, 5) is 29.6. The van der Waals surface area contributed by atoms with Crippen LogP contribution >= 0.6 is 0 Å². The Bertz CT molecular complexity index is 853. The fourth-order valence-corrected chi connectivity index (χ4v) is 3.83. The van der Waals surface area contributed by atoms with Crippen LogP contribution < -0.4 is 5.43 Å². The molecule has 1 unspecified atom stereocenters. The van der Waals surface area contributed by atoms with Gasteiger partial charge in [-0.2, -0.15) is 0 Å². The summed E-state index contributed by atoms with van der Waals surface area (Å²) < 4.78 is 2.07. The molecule has 1 atom stereocenters. The van der Waals surface area contributed by atoms with Gasteiger partial charge in [0.2, 0.25) is 5.43 Å². The minimum Gasteiger partial charge on any atom is -0.346 e. The number of pyridine rings is 1. The lowest BCUT2D eigenvalue weighted by Gasteiger charge is -2.20. The van der Waals surface area contributed by atoms with E-state index in [1.165, 1.54) is 5.56 Å². The SMILES string of the molecule is CN(C)C1CCN(C(=O)c2cn3c4c(cccc4c2=O)CC3)C1. The van der Waals surface area contributed by atoms with Crippen molar-refractivity contribution in [3.8, 4) is 0 Å². The quantitative estimate of drug-likeness (QED) is 0.841. The summed E-state index contributed by atoms with van der Waals surface area (Å²) in [6.07, 6.45) is 3.66. The molecular formula is C18H21N3O2. The summed E-state index contributed by atoms with van der Waals surface area (Å²) >= 11 is 0. The van der Waals surface area contributed by atoms with Crippen LogP contribution in [0.5, 0.6) is 0 Å². The van der Waals surface area contributed by atoms with Crippen LogP contribution in [-0.2, 0) is 13.0 Å². The second-order valence-corrected chi connectivity index (χ2v) is 6.79. The van der Waals surface area contributed by atoms with Gasteiger partial charge in [0.1, 0.15) is 5.56 Å². The first-order valence-electron chi connectivity index (χ1n) is 8.17. The molecule has 4 rings (SSSR count). The number of carbonyl (C=O) groups excluding carboxylic acids is 1. The second-order valence-electron chi connectivity index (χ2n) is 6.79. The number of aromatic nitrogens is 1. The molecule has 0 spiro atoms. The molecule has 1 amide bonds. The van der Waals surface area contributed by atoms with Crippen LogP contribution in [0.4, 0.5) is 0 Å². The summed E-state index contributed by atoms with van der Waals surface area (Å²) in [5.74, 6) is -0.123. The largest absolute Gasteiger partial charge is 0.346 e. The van der Waals surface area contributed by atoms with Crippen molar-refractivity contribution in [3.05, 3.63) is 45.7 Å². The topological polar surface area (TPSA) is 45.5 Å². The van der Waals surface area contributed by atoms with E-state index in [1.54, 1.807) is 6.20 Å². The van der Waals surface area contributed by atoms with Gasteiger partial charge in [0, 0.05) is 37.3 Å². The molecule has 5 nitrogen and oxygen atoms in total. The predicted molar refractivity (Wildman–Crippen MR) is 89.9 cm³/mol. The Labute approximate surface area is 135 Å². The standard InChI is InChI=1S/C18H21N3O2/c1-19(2)13-7-9-21(10-13)18(23)15-11-20-8-6-12-4-3-5-14(16(12)20)17(15)22/h3-5,11,13H,6-10H2,1-2H3. The van der Waals surface area contributed by atoms with E-state index in [-0.39, 0.29) is 11.3 Å². The predicted octanol–water partition coefficient (Wildman–Crippen LogP) is 1.33. The molecule has 0 bridgehead atoms. The monoisotopic (exact) mass is 311 g/mol. The molecule has 2 aliphatic heterocycles. The summed E-state index contributed by atoms with van der Waals surface area (Å²) in [5, 5.41) is 0.675. The maximum absolute atomic E-state index is 12.9. The summed E-state index contributed by atoms with van der Waals surface area (Å²) in [6.45, 7) is 2.26. The van der Waals surface area contributed by atoms with Gasteiger partial charge >= 0.3 is 0 Å². The lowest BCUT2D eigenvalue weighted by Crippen LogP contribution is -2.36.